The summed E-state index contributed by atoms with van der Waals surface area (Å²) in [7, 11) is 0. The fraction of sp³-hybridized carbons (Fsp3) is 0.429. The molecule has 0 heterocycles. The molecule has 0 saturated carbocycles. The SMILES string of the molecule is CCNC(=O)CCNc1cccc(SCC)c1C#N. The first kappa shape index (κ1) is 15.4. The molecule has 0 aromatic heterocycles. The lowest BCUT2D eigenvalue weighted by atomic mass is 10.2. The molecule has 0 aliphatic carbocycles. The van der Waals surface area contributed by atoms with E-state index in [4.69, 9.17) is 0 Å². The Morgan fingerprint density at radius 3 is 2.84 bits per heavy atom. The molecule has 19 heavy (non-hydrogen) atoms. The van der Waals surface area contributed by atoms with E-state index >= 15 is 0 Å². The molecule has 1 aromatic carbocycles. The van der Waals surface area contributed by atoms with Gasteiger partial charge in [-0.1, -0.05) is 13.0 Å². The third-order valence-corrected chi connectivity index (χ3v) is 3.42. The molecule has 0 unspecified atom stereocenters. The van der Waals surface area contributed by atoms with Gasteiger partial charge >= 0.3 is 0 Å². The molecule has 1 aromatic rings. The van der Waals surface area contributed by atoms with Crippen molar-refractivity contribution in [2.24, 2.45) is 0 Å². The van der Waals surface area contributed by atoms with Gasteiger partial charge in [-0.2, -0.15) is 5.26 Å². The molecule has 0 bridgehead atoms. The number of nitrogens with zero attached hydrogens (tertiary/aromatic N) is 1. The lowest BCUT2D eigenvalue weighted by molar-refractivity contribution is -0.120. The lowest BCUT2D eigenvalue weighted by Gasteiger charge is -2.10. The van der Waals surface area contributed by atoms with E-state index in [0.29, 0.717) is 25.1 Å². The number of amides is 1. The minimum atomic E-state index is 0.0209. The summed E-state index contributed by atoms with van der Waals surface area (Å²) in [6.07, 6.45) is 0.407. The van der Waals surface area contributed by atoms with Gasteiger partial charge in [0, 0.05) is 24.4 Å². The zero-order valence-corrected chi connectivity index (χ0v) is 12.1. The molecule has 0 radical (unpaired) electrons. The molecule has 0 aliphatic heterocycles. The van der Waals surface area contributed by atoms with Crippen LogP contribution in [0.5, 0.6) is 0 Å². The highest BCUT2D eigenvalue weighted by Gasteiger charge is 2.08. The number of carbonyl (C=O) groups excluding carboxylic acids is 1. The summed E-state index contributed by atoms with van der Waals surface area (Å²) in [4.78, 5) is 12.3. The Labute approximate surface area is 118 Å². The fourth-order valence-corrected chi connectivity index (χ4v) is 2.45. The lowest BCUT2D eigenvalue weighted by Crippen LogP contribution is -2.24. The van der Waals surface area contributed by atoms with Crippen LogP contribution in [0.3, 0.4) is 0 Å². The Morgan fingerprint density at radius 1 is 1.42 bits per heavy atom. The van der Waals surface area contributed by atoms with Gasteiger partial charge in [-0.25, -0.2) is 0 Å². The van der Waals surface area contributed by atoms with Crippen LogP contribution >= 0.6 is 11.8 Å². The van der Waals surface area contributed by atoms with Crippen molar-refractivity contribution in [2.75, 3.05) is 24.2 Å². The number of anilines is 1. The maximum atomic E-state index is 11.3. The largest absolute Gasteiger partial charge is 0.383 e. The second kappa shape index (κ2) is 8.44. The second-order valence-corrected chi connectivity index (χ2v) is 5.16. The predicted octanol–water partition coefficient (Wildman–Crippen LogP) is 2.61. The summed E-state index contributed by atoms with van der Waals surface area (Å²) in [6.45, 7) is 5.12. The van der Waals surface area contributed by atoms with Crippen LogP contribution in [0, 0.1) is 11.3 Å². The van der Waals surface area contributed by atoms with Crippen LogP contribution < -0.4 is 10.6 Å². The summed E-state index contributed by atoms with van der Waals surface area (Å²) in [5, 5.41) is 15.1. The van der Waals surface area contributed by atoms with Gasteiger partial charge in [0.05, 0.1) is 11.3 Å². The maximum Gasteiger partial charge on any atom is 0.221 e. The first-order valence-corrected chi connectivity index (χ1v) is 7.38. The third kappa shape index (κ3) is 4.84. The van der Waals surface area contributed by atoms with Gasteiger partial charge < -0.3 is 10.6 Å². The van der Waals surface area contributed by atoms with Crippen LogP contribution in [0.15, 0.2) is 23.1 Å². The first-order valence-electron chi connectivity index (χ1n) is 6.39. The van der Waals surface area contributed by atoms with Gasteiger partial charge in [-0.05, 0) is 24.8 Å². The molecule has 102 valence electrons. The Bertz CT molecular complexity index is 468. The fourth-order valence-electron chi connectivity index (χ4n) is 1.67. The Morgan fingerprint density at radius 2 is 2.21 bits per heavy atom. The summed E-state index contributed by atoms with van der Waals surface area (Å²) < 4.78 is 0. The number of thioether (sulfide) groups is 1. The van der Waals surface area contributed by atoms with Gasteiger partial charge in [0.25, 0.3) is 0 Å². The standard InChI is InChI=1S/C14H19N3OS/c1-3-16-14(18)8-9-17-12-6-5-7-13(19-4-2)11(12)10-15/h5-7,17H,3-4,8-9H2,1-2H3,(H,16,18). The quantitative estimate of drug-likeness (QED) is 0.752. The molecule has 0 atom stereocenters. The van der Waals surface area contributed by atoms with Gasteiger partial charge in [0.15, 0.2) is 0 Å². The van der Waals surface area contributed by atoms with Gasteiger partial charge in [0.1, 0.15) is 6.07 Å². The molecule has 0 spiro atoms. The second-order valence-electron chi connectivity index (χ2n) is 3.85. The average Bonchev–Trinajstić information content (AvgIpc) is 2.40. The van der Waals surface area contributed by atoms with Crippen molar-refractivity contribution >= 4 is 23.4 Å². The number of rotatable bonds is 7. The summed E-state index contributed by atoms with van der Waals surface area (Å²) in [5.41, 5.74) is 1.45. The van der Waals surface area contributed by atoms with Crippen molar-refractivity contribution in [3.8, 4) is 6.07 Å². The Kier molecular flexibility index (Phi) is 6.83. The smallest absolute Gasteiger partial charge is 0.221 e. The predicted molar refractivity (Wildman–Crippen MR) is 79.3 cm³/mol. The van der Waals surface area contributed by atoms with Crippen LogP contribution in [0.1, 0.15) is 25.8 Å². The Hall–Kier alpha value is -1.67. The summed E-state index contributed by atoms with van der Waals surface area (Å²) in [5.74, 6) is 0.949. The molecule has 0 saturated heterocycles. The van der Waals surface area contributed by atoms with Gasteiger partial charge in [-0.3, -0.25) is 4.79 Å². The molecular weight excluding hydrogens is 258 g/mol. The molecule has 1 amide bonds. The van der Waals surface area contributed by atoms with Crippen molar-refractivity contribution < 1.29 is 4.79 Å². The van der Waals surface area contributed by atoms with Crippen LogP contribution in [-0.2, 0) is 4.79 Å². The molecule has 0 fully saturated rings. The number of nitriles is 1. The van der Waals surface area contributed by atoms with Gasteiger partial charge in [0.2, 0.25) is 5.91 Å². The van der Waals surface area contributed by atoms with Crippen LogP contribution in [-0.4, -0.2) is 24.7 Å². The summed E-state index contributed by atoms with van der Waals surface area (Å²) >= 11 is 1.65. The number of hydrogen-bond donors (Lipinski definition) is 2. The summed E-state index contributed by atoms with van der Waals surface area (Å²) in [6, 6.07) is 7.97. The molecular formula is C14H19N3OS. The zero-order valence-electron chi connectivity index (χ0n) is 11.3. The van der Waals surface area contributed by atoms with E-state index < -0.39 is 0 Å². The molecule has 4 nitrogen and oxygen atoms in total. The van der Waals surface area contributed by atoms with E-state index in [1.807, 2.05) is 25.1 Å². The van der Waals surface area contributed by atoms with Crippen molar-refractivity contribution in [1.29, 1.82) is 5.26 Å². The molecule has 1 rings (SSSR count). The number of hydrogen-bond acceptors (Lipinski definition) is 4. The van der Waals surface area contributed by atoms with Crippen molar-refractivity contribution in [3.05, 3.63) is 23.8 Å². The zero-order chi connectivity index (χ0) is 14.1. The van der Waals surface area contributed by atoms with Gasteiger partial charge in [-0.15, -0.1) is 11.8 Å². The van der Waals surface area contributed by atoms with E-state index in [0.717, 1.165) is 16.3 Å². The highest BCUT2D eigenvalue weighted by atomic mass is 32.2. The monoisotopic (exact) mass is 277 g/mol. The van der Waals surface area contributed by atoms with Crippen molar-refractivity contribution in [1.82, 2.24) is 5.32 Å². The number of carbonyl (C=O) groups is 1. The first-order chi connectivity index (χ1) is 9.22. The van der Waals surface area contributed by atoms with Crippen LogP contribution in [0.25, 0.3) is 0 Å². The number of benzene rings is 1. The maximum absolute atomic E-state index is 11.3. The van der Waals surface area contributed by atoms with E-state index in [1.165, 1.54) is 0 Å². The molecule has 0 aliphatic rings. The topological polar surface area (TPSA) is 64.9 Å². The van der Waals surface area contributed by atoms with E-state index in [-0.39, 0.29) is 5.91 Å². The van der Waals surface area contributed by atoms with E-state index in [9.17, 15) is 10.1 Å². The van der Waals surface area contributed by atoms with Crippen molar-refractivity contribution in [2.45, 2.75) is 25.2 Å². The minimum Gasteiger partial charge on any atom is -0.383 e. The number of nitrogens with one attached hydrogen (secondary N) is 2. The molecule has 2 N–H and O–H groups in total. The molecule has 5 heteroatoms. The third-order valence-electron chi connectivity index (χ3n) is 2.48. The highest BCUT2D eigenvalue weighted by Crippen LogP contribution is 2.27. The van der Waals surface area contributed by atoms with E-state index in [1.54, 1.807) is 11.8 Å². The van der Waals surface area contributed by atoms with Crippen LogP contribution in [0.4, 0.5) is 5.69 Å². The van der Waals surface area contributed by atoms with E-state index in [2.05, 4.69) is 23.6 Å². The van der Waals surface area contributed by atoms with Crippen molar-refractivity contribution in [3.63, 3.8) is 0 Å². The highest BCUT2D eigenvalue weighted by molar-refractivity contribution is 7.99. The minimum absolute atomic E-state index is 0.0209. The van der Waals surface area contributed by atoms with Crippen LogP contribution in [0.2, 0.25) is 0 Å². The average molecular weight is 277 g/mol. The Balaban J connectivity index is 2.65. The normalized spacial score (nSPS) is 9.74.